The van der Waals surface area contributed by atoms with Crippen molar-refractivity contribution < 1.29 is 4.39 Å². The molecule has 0 saturated heterocycles. The molecule has 1 atom stereocenters. The Morgan fingerprint density at radius 1 is 1.62 bits per heavy atom. The second kappa shape index (κ2) is 3.87. The molecule has 0 aliphatic carbocycles. The SMILES string of the molecule is Cc1nc(C(C)N=[N+]=[N-])ccc1F. The van der Waals surface area contributed by atoms with E-state index in [4.69, 9.17) is 5.53 Å². The van der Waals surface area contributed by atoms with Crippen LogP contribution in [0.15, 0.2) is 17.2 Å². The minimum Gasteiger partial charge on any atom is -0.255 e. The van der Waals surface area contributed by atoms with Gasteiger partial charge in [-0.1, -0.05) is 12.0 Å². The van der Waals surface area contributed by atoms with E-state index in [9.17, 15) is 4.39 Å². The first-order valence-corrected chi connectivity index (χ1v) is 3.82. The number of aromatic nitrogens is 1. The number of azide groups is 1. The van der Waals surface area contributed by atoms with E-state index >= 15 is 0 Å². The second-order valence-corrected chi connectivity index (χ2v) is 2.68. The number of aryl methyl sites for hydroxylation is 1. The van der Waals surface area contributed by atoms with Crippen LogP contribution in [0.5, 0.6) is 0 Å². The second-order valence-electron chi connectivity index (χ2n) is 2.68. The first-order chi connectivity index (χ1) is 6.15. The first kappa shape index (κ1) is 9.48. The average Bonchev–Trinajstić information content (AvgIpc) is 2.10. The van der Waals surface area contributed by atoms with Gasteiger partial charge in [0.2, 0.25) is 0 Å². The van der Waals surface area contributed by atoms with E-state index in [1.165, 1.54) is 12.1 Å². The fourth-order valence-electron chi connectivity index (χ4n) is 0.933. The summed E-state index contributed by atoms with van der Waals surface area (Å²) in [7, 11) is 0. The van der Waals surface area contributed by atoms with Gasteiger partial charge in [-0.05, 0) is 24.6 Å². The summed E-state index contributed by atoms with van der Waals surface area (Å²) in [5, 5.41) is 3.46. The van der Waals surface area contributed by atoms with Gasteiger partial charge < -0.3 is 0 Å². The van der Waals surface area contributed by atoms with Gasteiger partial charge in [-0.3, -0.25) is 4.98 Å². The van der Waals surface area contributed by atoms with E-state index in [-0.39, 0.29) is 11.9 Å². The number of hydrogen-bond donors (Lipinski definition) is 0. The zero-order valence-electron chi connectivity index (χ0n) is 7.40. The van der Waals surface area contributed by atoms with Crippen LogP contribution in [0, 0.1) is 12.7 Å². The van der Waals surface area contributed by atoms with Crippen molar-refractivity contribution in [3.63, 3.8) is 0 Å². The van der Waals surface area contributed by atoms with Crippen molar-refractivity contribution in [2.24, 2.45) is 5.11 Å². The van der Waals surface area contributed by atoms with E-state index in [0.29, 0.717) is 11.4 Å². The van der Waals surface area contributed by atoms with Crippen LogP contribution < -0.4 is 0 Å². The molecule has 13 heavy (non-hydrogen) atoms. The smallest absolute Gasteiger partial charge is 0.144 e. The maximum absolute atomic E-state index is 12.8. The van der Waals surface area contributed by atoms with Crippen molar-refractivity contribution in [1.82, 2.24) is 4.98 Å². The van der Waals surface area contributed by atoms with Gasteiger partial charge in [-0.2, -0.15) is 0 Å². The summed E-state index contributed by atoms with van der Waals surface area (Å²) in [6.45, 7) is 3.28. The van der Waals surface area contributed by atoms with E-state index in [0.717, 1.165) is 0 Å². The quantitative estimate of drug-likeness (QED) is 0.392. The van der Waals surface area contributed by atoms with Gasteiger partial charge in [0.05, 0.1) is 11.7 Å². The Balaban J connectivity index is 3.03. The fraction of sp³-hybridized carbons (Fsp3) is 0.375. The normalized spacial score (nSPS) is 11.9. The molecular weight excluding hydrogens is 171 g/mol. The fourth-order valence-corrected chi connectivity index (χ4v) is 0.933. The Bertz CT molecular complexity index is 357. The van der Waals surface area contributed by atoms with Crippen molar-refractivity contribution >= 4 is 0 Å². The Kier molecular flexibility index (Phi) is 2.82. The number of rotatable bonds is 2. The summed E-state index contributed by atoms with van der Waals surface area (Å²) in [6, 6.07) is 2.48. The van der Waals surface area contributed by atoms with Gasteiger partial charge in [0.25, 0.3) is 0 Å². The molecule has 1 aromatic rings. The molecule has 1 aromatic heterocycles. The first-order valence-electron chi connectivity index (χ1n) is 3.82. The molecule has 0 fully saturated rings. The number of hydrogen-bond acceptors (Lipinski definition) is 2. The van der Waals surface area contributed by atoms with Crippen molar-refractivity contribution in [1.29, 1.82) is 0 Å². The van der Waals surface area contributed by atoms with Gasteiger partial charge in [0.1, 0.15) is 5.82 Å². The predicted molar refractivity (Wildman–Crippen MR) is 46.5 cm³/mol. The number of halogens is 1. The van der Waals surface area contributed by atoms with Crippen LogP contribution in [0.2, 0.25) is 0 Å². The molecule has 1 heterocycles. The van der Waals surface area contributed by atoms with Crippen LogP contribution in [-0.2, 0) is 0 Å². The summed E-state index contributed by atoms with van der Waals surface area (Å²) < 4.78 is 12.8. The maximum atomic E-state index is 12.8. The number of nitrogens with zero attached hydrogens (tertiary/aromatic N) is 4. The van der Waals surface area contributed by atoms with Crippen LogP contribution in [-0.4, -0.2) is 4.98 Å². The summed E-state index contributed by atoms with van der Waals surface area (Å²) in [6.07, 6.45) is 0. The summed E-state index contributed by atoms with van der Waals surface area (Å²) in [5.41, 5.74) is 9.08. The molecule has 0 N–H and O–H groups in total. The van der Waals surface area contributed by atoms with Crippen LogP contribution in [0.4, 0.5) is 4.39 Å². The molecule has 0 radical (unpaired) electrons. The zero-order chi connectivity index (χ0) is 9.84. The van der Waals surface area contributed by atoms with Gasteiger partial charge in [-0.15, -0.1) is 0 Å². The van der Waals surface area contributed by atoms with Crippen LogP contribution in [0.25, 0.3) is 10.4 Å². The molecule has 1 unspecified atom stereocenters. The van der Waals surface area contributed by atoms with E-state index < -0.39 is 0 Å². The lowest BCUT2D eigenvalue weighted by molar-refractivity contribution is 0.603. The Labute approximate surface area is 75.0 Å². The summed E-state index contributed by atoms with van der Waals surface area (Å²) in [5.74, 6) is -0.350. The Hall–Kier alpha value is -1.61. The highest BCUT2D eigenvalue weighted by molar-refractivity contribution is 5.14. The number of pyridine rings is 1. The third-order valence-electron chi connectivity index (χ3n) is 1.70. The summed E-state index contributed by atoms with van der Waals surface area (Å²) in [4.78, 5) is 6.61. The monoisotopic (exact) mass is 180 g/mol. The molecule has 0 bridgehead atoms. The molecule has 1 rings (SSSR count). The lowest BCUT2D eigenvalue weighted by Crippen LogP contribution is -1.97. The van der Waals surface area contributed by atoms with Crippen molar-refractivity contribution in [2.45, 2.75) is 19.9 Å². The van der Waals surface area contributed by atoms with Gasteiger partial charge in [0, 0.05) is 10.6 Å². The van der Waals surface area contributed by atoms with Gasteiger partial charge >= 0.3 is 0 Å². The average molecular weight is 180 g/mol. The largest absolute Gasteiger partial charge is 0.255 e. The van der Waals surface area contributed by atoms with Gasteiger partial charge in [-0.25, -0.2) is 4.39 Å². The highest BCUT2D eigenvalue weighted by Gasteiger charge is 2.06. The molecule has 68 valence electrons. The summed E-state index contributed by atoms with van der Waals surface area (Å²) >= 11 is 0. The molecule has 0 aliphatic rings. The molecular formula is C8H9FN4. The van der Waals surface area contributed by atoms with E-state index in [1.54, 1.807) is 13.8 Å². The highest BCUT2D eigenvalue weighted by atomic mass is 19.1. The lowest BCUT2D eigenvalue weighted by Gasteiger charge is -2.04. The third-order valence-corrected chi connectivity index (χ3v) is 1.70. The molecule has 4 nitrogen and oxygen atoms in total. The minimum atomic E-state index is -0.357. The molecule has 0 aromatic carbocycles. The Morgan fingerprint density at radius 2 is 2.31 bits per heavy atom. The molecule has 0 saturated carbocycles. The van der Waals surface area contributed by atoms with E-state index in [1.807, 2.05) is 0 Å². The van der Waals surface area contributed by atoms with Crippen LogP contribution in [0.1, 0.15) is 24.4 Å². The highest BCUT2D eigenvalue weighted by Crippen LogP contribution is 2.15. The lowest BCUT2D eigenvalue weighted by atomic mass is 10.2. The van der Waals surface area contributed by atoms with Crippen molar-refractivity contribution in [3.8, 4) is 0 Å². The topological polar surface area (TPSA) is 61.7 Å². The Morgan fingerprint density at radius 3 is 2.85 bits per heavy atom. The minimum absolute atomic E-state index is 0.317. The van der Waals surface area contributed by atoms with E-state index in [2.05, 4.69) is 15.0 Å². The zero-order valence-corrected chi connectivity index (χ0v) is 7.40. The standard InChI is InChI=1S/C8H9FN4/c1-5-7(9)3-4-8(11-5)6(2)12-13-10/h3-4,6H,1-2H3. The third kappa shape index (κ3) is 2.16. The van der Waals surface area contributed by atoms with Crippen molar-refractivity contribution in [2.75, 3.05) is 0 Å². The molecule has 0 amide bonds. The maximum Gasteiger partial charge on any atom is 0.144 e. The van der Waals surface area contributed by atoms with Gasteiger partial charge in [0.15, 0.2) is 0 Å². The van der Waals surface area contributed by atoms with Crippen LogP contribution in [0.3, 0.4) is 0 Å². The molecule has 0 spiro atoms. The molecule has 5 heteroatoms. The predicted octanol–water partition coefficient (Wildman–Crippen LogP) is 2.90. The van der Waals surface area contributed by atoms with Crippen LogP contribution >= 0.6 is 0 Å². The van der Waals surface area contributed by atoms with Crippen molar-refractivity contribution in [3.05, 3.63) is 39.8 Å². The molecule has 0 aliphatic heterocycles.